The van der Waals surface area contributed by atoms with E-state index in [9.17, 15) is 4.79 Å². The van der Waals surface area contributed by atoms with Crippen molar-refractivity contribution < 1.29 is 14.3 Å². The van der Waals surface area contributed by atoms with Crippen LogP contribution in [0.1, 0.15) is 10.4 Å². The molecule has 0 amide bonds. The van der Waals surface area contributed by atoms with Crippen LogP contribution in [0, 0.1) is 0 Å². The Bertz CT molecular complexity index is 805. The number of H-pyrrole nitrogens is 1. The molecule has 0 aliphatic heterocycles. The SMILES string of the molecule is COc1cccc(-c2[nH]c3cc(OC)ccc3c2C=O)c1. The van der Waals surface area contributed by atoms with Crippen molar-refractivity contribution in [3.05, 3.63) is 48.0 Å². The normalized spacial score (nSPS) is 10.6. The zero-order valence-corrected chi connectivity index (χ0v) is 11.8. The monoisotopic (exact) mass is 281 g/mol. The number of aromatic nitrogens is 1. The minimum absolute atomic E-state index is 0.640. The number of rotatable bonds is 4. The number of aromatic amines is 1. The molecule has 0 spiro atoms. The lowest BCUT2D eigenvalue weighted by Crippen LogP contribution is -1.87. The number of ether oxygens (including phenoxy) is 2. The average molecular weight is 281 g/mol. The van der Waals surface area contributed by atoms with Crippen LogP contribution >= 0.6 is 0 Å². The lowest BCUT2D eigenvalue weighted by Gasteiger charge is -2.03. The molecule has 0 radical (unpaired) electrons. The van der Waals surface area contributed by atoms with Crippen molar-refractivity contribution in [2.24, 2.45) is 0 Å². The molecule has 3 aromatic rings. The molecule has 4 nitrogen and oxygen atoms in total. The maximum Gasteiger partial charge on any atom is 0.152 e. The third kappa shape index (κ3) is 2.25. The first-order valence-electron chi connectivity index (χ1n) is 6.56. The Labute approximate surface area is 122 Å². The van der Waals surface area contributed by atoms with Crippen LogP contribution < -0.4 is 9.47 Å². The van der Waals surface area contributed by atoms with Crippen molar-refractivity contribution in [1.82, 2.24) is 4.98 Å². The quantitative estimate of drug-likeness (QED) is 0.742. The van der Waals surface area contributed by atoms with E-state index in [4.69, 9.17) is 9.47 Å². The maximum absolute atomic E-state index is 11.5. The van der Waals surface area contributed by atoms with Crippen molar-refractivity contribution in [2.45, 2.75) is 0 Å². The largest absolute Gasteiger partial charge is 0.497 e. The molecule has 106 valence electrons. The molecule has 0 saturated carbocycles. The number of hydrogen-bond donors (Lipinski definition) is 1. The molecule has 3 rings (SSSR count). The summed E-state index contributed by atoms with van der Waals surface area (Å²) in [6.45, 7) is 0. The van der Waals surface area contributed by atoms with Crippen LogP contribution in [0.5, 0.6) is 11.5 Å². The molecular weight excluding hydrogens is 266 g/mol. The molecule has 0 fully saturated rings. The Morgan fingerprint density at radius 3 is 2.48 bits per heavy atom. The number of benzene rings is 2. The third-order valence-corrected chi connectivity index (χ3v) is 3.52. The number of aldehydes is 1. The number of fused-ring (bicyclic) bond motifs is 1. The number of hydrogen-bond acceptors (Lipinski definition) is 3. The fraction of sp³-hybridized carbons (Fsp3) is 0.118. The number of methoxy groups -OCH3 is 2. The Kier molecular flexibility index (Phi) is 3.36. The van der Waals surface area contributed by atoms with E-state index in [0.717, 1.165) is 39.9 Å². The summed E-state index contributed by atoms with van der Waals surface area (Å²) >= 11 is 0. The predicted molar refractivity (Wildman–Crippen MR) is 82.2 cm³/mol. The lowest BCUT2D eigenvalue weighted by atomic mass is 10.1. The fourth-order valence-corrected chi connectivity index (χ4v) is 2.45. The van der Waals surface area contributed by atoms with Crippen LogP contribution in [0.4, 0.5) is 0 Å². The van der Waals surface area contributed by atoms with Crippen molar-refractivity contribution in [1.29, 1.82) is 0 Å². The van der Waals surface area contributed by atoms with Crippen molar-refractivity contribution >= 4 is 17.2 Å². The molecule has 0 aliphatic rings. The van der Waals surface area contributed by atoms with Gasteiger partial charge < -0.3 is 14.5 Å². The fourth-order valence-electron chi connectivity index (χ4n) is 2.45. The van der Waals surface area contributed by atoms with E-state index in [1.165, 1.54) is 0 Å². The van der Waals surface area contributed by atoms with E-state index in [1.807, 2.05) is 42.5 Å². The van der Waals surface area contributed by atoms with E-state index in [1.54, 1.807) is 14.2 Å². The second-order valence-electron chi connectivity index (χ2n) is 4.67. The molecule has 0 bridgehead atoms. The number of nitrogens with one attached hydrogen (secondary N) is 1. The summed E-state index contributed by atoms with van der Waals surface area (Å²) in [5, 5.41) is 0.878. The van der Waals surface area contributed by atoms with Crippen LogP contribution in [-0.2, 0) is 0 Å². The lowest BCUT2D eigenvalue weighted by molar-refractivity contribution is 0.112. The van der Waals surface area contributed by atoms with Gasteiger partial charge in [0.2, 0.25) is 0 Å². The number of carbonyl (C=O) groups excluding carboxylic acids is 1. The summed E-state index contributed by atoms with van der Waals surface area (Å²) in [5.41, 5.74) is 3.20. The molecule has 4 heteroatoms. The number of carbonyl (C=O) groups is 1. The van der Waals surface area contributed by atoms with Crippen molar-refractivity contribution in [3.8, 4) is 22.8 Å². The van der Waals surface area contributed by atoms with Gasteiger partial charge in [0.15, 0.2) is 6.29 Å². The highest BCUT2D eigenvalue weighted by atomic mass is 16.5. The van der Waals surface area contributed by atoms with Gasteiger partial charge >= 0.3 is 0 Å². The Hall–Kier alpha value is -2.75. The molecular formula is C17H15NO3. The summed E-state index contributed by atoms with van der Waals surface area (Å²) in [5.74, 6) is 1.50. The van der Waals surface area contributed by atoms with Gasteiger partial charge in [-0.3, -0.25) is 4.79 Å². The third-order valence-electron chi connectivity index (χ3n) is 3.52. The summed E-state index contributed by atoms with van der Waals surface area (Å²) < 4.78 is 10.5. The van der Waals surface area contributed by atoms with Crippen LogP contribution in [0.2, 0.25) is 0 Å². The molecule has 2 aromatic carbocycles. The second-order valence-corrected chi connectivity index (χ2v) is 4.67. The van der Waals surface area contributed by atoms with Crippen LogP contribution in [0.25, 0.3) is 22.2 Å². The molecule has 0 aliphatic carbocycles. The van der Waals surface area contributed by atoms with Crippen LogP contribution in [0.3, 0.4) is 0 Å². The summed E-state index contributed by atoms with van der Waals surface area (Å²) in [6, 6.07) is 13.2. The van der Waals surface area contributed by atoms with Crippen molar-refractivity contribution in [2.75, 3.05) is 14.2 Å². The summed E-state index contributed by atoms with van der Waals surface area (Å²) in [7, 11) is 3.24. The van der Waals surface area contributed by atoms with Gasteiger partial charge in [-0.15, -0.1) is 0 Å². The highest BCUT2D eigenvalue weighted by Gasteiger charge is 2.13. The Balaban J connectivity index is 2.23. The molecule has 1 N–H and O–H groups in total. The highest BCUT2D eigenvalue weighted by molar-refractivity contribution is 6.04. The highest BCUT2D eigenvalue weighted by Crippen LogP contribution is 2.32. The summed E-state index contributed by atoms with van der Waals surface area (Å²) in [4.78, 5) is 14.8. The van der Waals surface area contributed by atoms with E-state index in [0.29, 0.717) is 5.56 Å². The molecule has 1 heterocycles. The molecule has 0 saturated heterocycles. The molecule has 1 aromatic heterocycles. The summed E-state index contributed by atoms with van der Waals surface area (Å²) in [6.07, 6.45) is 0.875. The first-order valence-corrected chi connectivity index (χ1v) is 6.56. The molecule has 0 unspecified atom stereocenters. The van der Waals surface area contributed by atoms with E-state index in [2.05, 4.69) is 4.98 Å². The van der Waals surface area contributed by atoms with Gasteiger partial charge in [-0.25, -0.2) is 0 Å². The second kappa shape index (κ2) is 5.32. The van der Waals surface area contributed by atoms with Crippen LogP contribution in [0.15, 0.2) is 42.5 Å². The zero-order chi connectivity index (χ0) is 14.8. The average Bonchev–Trinajstić information content (AvgIpc) is 2.92. The van der Waals surface area contributed by atoms with E-state index < -0.39 is 0 Å². The van der Waals surface area contributed by atoms with Crippen molar-refractivity contribution in [3.63, 3.8) is 0 Å². The minimum Gasteiger partial charge on any atom is -0.497 e. The van der Waals surface area contributed by atoms with Gasteiger partial charge in [0, 0.05) is 22.6 Å². The maximum atomic E-state index is 11.5. The predicted octanol–water partition coefficient (Wildman–Crippen LogP) is 3.66. The van der Waals surface area contributed by atoms with Crippen LogP contribution in [-0.4, -0.2) is 25.5 Å². The first-order chi connectivity index (χ1) is 10.3. The Morgan fingerprint density at radius 1 is 1.00 bits per heavy atom. The van der Waals surface area contributed by atoms with Gasteiger partial charge in [-0.1, -0.05) is 12.1 Å². The molecule has 0 atom stereocenters. The Morgan fingerprint density at radius 2 is 1.76 bits per heavy atom. The minimum atomic E-state index is 0.640. The van der Waals surface area contributed by atoms with Gasteiger partial charge in [-0.05, 0) is 24.3 Å². The zero-order valence-electron chi connectivity index (χ0n) is 11.8. The van der Waals surface area contributed by atoms with Gasteiger partial charge in [0.1, 0.15) is 11.5 Å². The van der Waals surface area contributed by atoms with Gasteiger partial charge in [0.25, 0.3) is 0 Å². The standard InChI is InChI=1S/C17H15NO3/c1-20-12-5-3-4-11(8-12)17-15(10-19)14-7-6-13(21-2)9-16(14)18-17/h3-10,18H,1-2H3. The molecule has 21 heavy (non-hydrogen) atoms. The first kappa shape index (κ1) is 13.2. The smallest absolute Gasteiger partial charge is 0.152 e. The van der Waals surface area contributed by atoms with E-state index in [-0.39, 0.29) is 0 Å². The van der Waals surface area contributed by atoms with E-state index >= 15 is 0 Å². The van der Waals surface area contributed by atoms with Gasteiger partial charge in [0.05, 0.1) is 25.4 Å². The topological polar surface area (TPSA) is 51.3 Å². The van der Waals surface area contributed by atoms with Gasteiger partial charge in [-0.2, -0.15) is 0 Å².